The number of likely N-dealkylation sites (tertiary alicyclic amines) is 1. The average Bonchev–Trinajstić information content (AvgIpc) is 3.07. The first-order valence-electron chi connectivity index (χ1n) is 7.89. The minimum Gasteiger partial charge on any atom is -0.460 e. The van der Waals surface area contributed by atoms with Gasteiger partial charge in [0.25, 0.3) is 0 Å². The zero-order valence-corrected chi connectivity index (χ0v) is 14.5. The molecule has 1 N–H and O–H groups in total. The third kappa shape index (κ3) is 4.97. The molecule has 1 unspecified atom stereocenters. The van der Waals surface area contributed by atoms with Crippen molar-refractivity contribution in [3.05, 3.63) is 17.5 Å². The van der Waals surface area contributed by atoms with E-state index in [4.69, 9.17) is 9.26 Å². The Labute approximate surface area is 137 Å². The van der Waals surface area contributed by atoms with Gasteiger partial charge in [-0.2, -0.15) is 0 Å². The Kier molecular flexibility index (Phi) is 5.28. The quantitative estimate of drug-likeness (QED) is 0.518. The predicted molar refractivity (Wildman–Crippen MR) is 87.0 cm³/mol. The van der Waals surface area contributed by atoms with Gasteiger partial charge in [0.1, 0.15) is 5.60 Å². The molecule has 2 rings (SSSR count). The lowest BCUT2D eigenvalue weighted by atomic mass is 10.1. The van der Waals surface area contributed by atoms with E-state index in [0.717, 1.165) is 30.4 Å². The molecule has 1 aromatic rings. The Balaban J connectivity index is 1.87. The molecule has 7 heteroatoms. The Morgan fingerprint density at radius 2 is 2.30 bits per heavy atom. The van der Waals surface area contributed by atoms with Gasteiger partial charge >= 0.3 is 5.97 Å². The van der Waals surface area contributed by atoms with E-state index in [1.165, 1.54) is 0 Å². The van der Waals surface area contributed by atoms with Crippen molar-refractivity contribution < 1.29 is 14.1 Å². The normalized spacial score (nSPS) is 19.1. The van der Waals surface area contributed by atoms with Crippen molar-refractivity contribution in [2.45, 2.75) is 46.3 Å². The first kappa shape index (κ1) is 17.3. The van der Waals surface area contributed by atoms with Crippen LogP contribution in [0.2, 0.25) is 0 Å². The number of aryl methyl sites for hydroxylation is 1. The van der Waals surface area contributed by atoms with Crippen LogP contribution in [0.4, 0.5) is 0 Å². The number of nitrogens with zero attached hydrogens (tertiary/aromatic N) is 3. The van der Waals surface area contributed by atoms with Crippen molar-refractivity contribution in [2.75, 3.05) is 20.1 Å². The predicted octanol–water partition coefficient (Wildman–Crippen LogP) is 1.72. The number of carbonyl (C=O) groups is 1. The maximum Gasteiger partial charge on any atom is 0.311 e. The van der Waals surface area contributed by atoms with Gasteiger partial charge in [0.05, 0.1) is 18.2 Å². The van der Waals surface area contributed by atoms with Crippen LogP contribution in [0.5, 0.6) is 0 Å². The summed E-state index contributed by atoms with van der Waals surface area (Å²) >= 11 is 0. The molecule has 1 aliphatic rings. The minimum atomic E-state index is -0.450. The second-order valence-corrected chi connectivity index (χ2v) is 6.80. The van der Waals surface area contributed by atoms with Gasteiger partial charge in [0.15, 0.2) is 11.7 Å². The van der Waals surface area contributed by atoms with Crippen LogP contribution < -0.4 is 5.32 Å². The van der Waals surface area contributed by atoms with Crippen LogP contribution in [0.3, 0.4) is 0 Å². The molecule has 0 spiro atoms. The molecular formula is C16H26N4O3. The number of nitrogens with one attached hydrogen (secondary N) is 1. The Morgan fingerprint density at radius 1 is 1.57 bits per heavy atom. The molecule has 128 valence electrons. The van der Waals surface area contributed by atoms with Crippen molar-refractivity contribution >= 4 is 11.9 Å². The number of hydrogen-bond donors (Lipinski definition) is 1. The standard InChI is InChI=1S/C16H26N4O3/c1-11-8-13(23-19-11)9-18-15(17-5)20-7-6-12(10-20)14(21)22-16(2,3)4/h8,12H,6-7,9-10H2,1-5H3,(H,17,18). The lowest BCUT2D eigenvalue weighted by molar-refractivity contribution is -0.159. The SMILES string of the molecule is CN=C(NCc1cc(C)no1)N1CCC(C(=O)OC(C)(C)C)C1. The van der Waals surface area contributed by atoms with Crippen LogP contribution in [0.1, 0.15) is 38.6 Å². The molecule has 23 heavy (non-hydrogen) atoms. The van der Waals surface area contributed by atoms with Crippen LogP contribution >= 0.6 is 0 Å². The van der Waals surface area contributed by atoms with E-state index in [1.807, 2.05) is 33.8 Å². The molecule has 0 aliphatic carbocycles. The molecular weight excluding hydrogens is 296 g/mol. The summed E-state index contributed by atoms with van der Waals surface area (Å²) in [6.07, 6.45) is 0.775. The largest absolute Gasteiger partial charge is 0.460 e. The van der Waals surface area contributed by atoms with Gasteiger partial charge in [-0.3, -0.25) is 9.79 Å². The fourth-order valence-electron chi connectivity index (χ4n) is 2.53. The van der Waals surface area contributed by atoms with Crippen molar-refractivity contribution in [3.8, 4) is 0 Å². The van der Waals surface area contributed by atoms with Crippen LogP contribution in [0, 0.1) is 12.8 Å². The summed E-state index contributed by atoms with van der Waals surface area (Å²) in [5.41, 5.74) is 0.400. The molecule has 0 radical (unpaired) electrons. The molecule has 2 heterocycles. The van der Waals surface area contributed by atoms with E-state index in [0.29, 0.717) is 13.1 Å². The van der Waals surface area contributed by atoms with E-state index < -0.39 is 5.60 Å². The zero-order chi connectivity index (χ0) is 17.0. The molecule has 7 nitrogen and oxygen atoms in total. The number of aromatic nitrogens is 1. The summed E-state index contributed by atoms with van der Waals surface area (Å²) in [4.78, 5) is 18.5. The highest BCUT2D eigenvalue weighted by Crippen LogP contribution is 2.20. The van der Waals surface area contributed by atoms with Gasteiger partial charge in [-0.1, -0.05) is 5.16 Å². The number of guanidine groups is 1. The van der Waals surface area contributed by atoms with Gasteiger partial charge in [-0.25, -0.2) is 0 Å². The fourth-order valence-corrected chi connectivity index (χ4v) is 2.53. The maximum absolute atomic E-state index is 12.2. The first-order chi connectivity index (χ1) is 10.8. The second kappa shape index (κ2) is 7.02. The number of rotatable bonds is 3. The number of aliphatic imine (C=N–C) groups is 1. The second-order valence-electron chi connectivity index (χ2n) is 6.80. The topological polar surface area (TPSA) is 80.0 Å². The summed E-state index contributed by atoms with van der Waals surface area (Å²) in [6.45, 7) is 9.45. The molecule has 1 aliphatic heterocycles. The van der Waals surface area contributed by atoms with E-state index in [-0.39, 0.29) is 11.9 Å². The van der Waals surface area contributed by atoms with Crippen LogP contribution in [-0.4, -0.2) is 47.7 Å². The summed E-state index contributed by atoms with van der Waals surface area (Å²) in [5.74, 6) is 1.26. The van der Waals surface area contributed by atoms with Gasteiger partial charge in [0, 0.05) is 26.2 Å². The van der Waals surface area contributed by atoms with Crippen molar-refractivity contribution in [2.24, 2.45) is 10.9 Å². The Hall–Kier alpha value is -2.05. The van der Waals surface area contributed by atoms with E-state index >= 15 is 0 Å². The Morgan fingerprint density at radius 3 is 2.87 bits per heavy atom. The Bertz CT molecular complexity index is 574. The summed E-state index contributed by atoms with van der Waals surface area (Å²) < 4.78 is 10.6. The lowest BCUT2D eigenvalue weighted by Crippen LogP contribution is -2.40. The zero-order valence-electron chi connectivity index (χ0n) is 14.5. The summed E-state index contributed by atoms with van der Waals surface area (Å²) in [6, 6.07) is 1.88. The molecule has 1 saturated heterocycles. The van der Waals surface area contributed by atoms with Crippen LogP contribution in [0.15, 0.2) is 15.6 Å². The number of esters is 1. The van der Waals surface area contributed by atoms with Gasteiger partial charge < -0.3 is 19.5 Å². The van der Waals surface area contributed by atoms with Gasteiger partial charge in [0.2, 0.25) is 0 Å². The molecule has 0 bridgehead atoms. The molecule has 1 aromatic heterocycles. The van der Waals surface area contributed by atoms with E-state index in [2.05, 4.69) is 20.4 Å². The van der Waals surface area contributed by atoms with E-state index in [1.54, 1.807) is 7.05 Å². The van der Waals surface area contributed by atoms with Crippen molar-refractivity contribution in [1.82, 2.24) is 15.4 Å². The summed E-state index contributed by atoms with van der Waals surface area (Å²) in [7, 11) is 1.73. The minimum absolute atomic E-state index is 0.111. The van der Waals surface area contributed by atoms with Gasteiger partial charge in [-0.15, -0.1) is 0 Å². The van der Waals surface area contributed by atoms with Crippen LogP contribution in [0.25, 0.3) is 0 Å². The first-order valence-corrected chi connectivity index (χ1v) is 7.89. The average molecular weight is 322 g/mol. The number of carbonyl (C=O) groups excluding carboxylic acids is 1. The monoisotopic (exact) mass is 322 g/mol. The van der Waals surface area contributed by atoms with Crippen LogP contribution in [-0.2, 0) is 16.1 Å². The third-order valence-corrected chi connectivity index (χ3v) is 3.54. The third-order valence-electron chi connectivity index (χ3n) is 3.54. The summed E-state index contributed by atoms with van der Waals surface area (Å²) in [5, 5.41) is 7.10. The highest BCUT2D eigenvalue weighted by Gasteiger charge is 2.33. The molecule has 0 amide bonds. The molecule has 1 fully saturated rings. The lowest BCUT2D eigenvalue weighted by Gasteiger charge is -2.23. The van der Waals surface area contributed by atoms with E-state index in [9.17, 15) is 4.79 Å². The van der Waals surface area contributed by atoms with Crippen molar-refractivity contribution in [3.63, 3.8) is 0 Å². The highest BCUT2D eigenvalue weighted by atomic mass is 16.6. The van der Waals surface area contributed by atoms with Crippen molar-refractivity contribution in [1.29, 1.82) is 0 Å². The van der Waals surface area contributed by atoms with Gasteiger partial charge in [-0.05, 0) is 34.1 Å². The highest BCUT2D eigenvalue weighted by molar-refractivity contribution is 5.82. The molecule has 1 atom stereocenters. The maximum atomic E-state index is 12.2. The molecule has 0 aromatic carbocycles. The smallest absolute Gasteiger partial charge is 0.311 e. The number of ether oxygens (including phenoxy) is 1. The molecule has 0 saturated carbocycles. The number of hydrogen-bond acceptors (Lipinski definition) is 5. The fraction of sp³-hybridized carbons (Fsp3) is 0.688.